The van der Waals surface area contributed by atoms with E-state index in [9.17, 15) is 9.18 Å². The number of hydrazine groups is 1. The van der Waals surface area contributed by atoms with Crippen LogP contribution < -0.4 is 10.9 Å². The van der Waals surface area contributed by atoms with Crippen LogP contribution in [0.25, 0.3) is 0 Å². The van der Waals surface area contributed by atoms with Crippen molar-refractivity contribution in [3.05, 3.63) is 35.6 Å². The number of hydrogen-bond acceptors (Lipinski definition) is 2. The Labute approximate surface area is 82.3 Å². The topological polar surface area (TPSA) is 41.1 Å². The van der Waals surface area contributed by atoms with Crippen molar-refractivity contribution >= 4 is 5.91 Å². The Morgan fingerprint density at radius 1 is 1.50 bits per heavy atom. The van der Waals surface area contributed by atoms with E-state index in [1.165, 1.54) is 12.1 Å². The van der Waals surface area contributed by atoms with E-state index < -0.39 is 0 Å². The molecule has 0 unspecified atom stereocenters. The van der Waals surface area contributed by atoms with Crippen LogP contribution in [0.5, 0.6) is 0 Å². The molecule has 0 saturated carbocycles. The van der Waals surface area contributed by atoms with Gasteiger partial charge in [0.05, 0.1) is 0 Å². The normalized spacial score (nSPS) is 9.86. The van der Waals surface area contributed by atoms with Gasteiger partial charge in [0.15, 0.2) is 0 Å². The van der Waals surface area contributed by atoms with E-state index in [0.717, 1.165) is 5.56 Å². The number of carbonyl (C=O) groups is 1. The third kappa shape index (κ3) is 3.53. The fourth-order valence-electron chi connectivity index (χ4n) is 1.15. The molecule has 1 rings (SSSR count). The molecular weight excluding hydrogens is 183 g/mol. The summed E-state index contributed by atoms with van der Waals surface area (Å²) in [5.41, 5.74) is 5.82. The lowest BCUT2D eigenvalue weighted by molar-refractivity contribution is -0.121. The largest absolute Gasteiger partial charge is 0.292 e. The molecule has 0 saturated heterocycles. The predicted molar refractivity (Wildman–Crippen MR) is 51.9 cm³/mol. The highest BCUT2D eigenvalue weighted by Crippen LogP contribution is 2.05. The molecule has 0 aliphatic carbocycles. The van der Waals surface area contributed by atoms with Crippen LogP contribution in [-0.2, 0) is 11.2 Å². The molecule has 0 bridgehead atoms. The van der Waals surface area contributed by atoms with Gasteiger partial charge in [0.25, 0.3) is 0 Å². The Morgan fingerprint density at radius 3 is 2.93 bits per heavy atom. The third-order valence-corrected chi connectivity index (χ3v) is 1.79. The van der Waals surface area contributed by atoms with Gasteiger partial charge in [0.2, 0.25) is 5.91 Å². The van der Waals surface area contributed by atoms with Crippen molar-refractivity contribution in [1.29, 1.82) is 0 Å². The lowest BCUT2D eigenvalue weighted by atomic mass is 10.1. The first-order valence-electron chi connectivity index (χ1n) is 4.42. The number of hydrogen-bond donors (Lipinski definition) is 2. The second-order valence-electron chi connectivity index (χ2n) is 2.93. The lowest BCUT2D eigenvalue weighted by Crippen LogP contribution is -2.34. The van der Waals surface area contributed by atoms with Crippen LogP contribution in [0, 0.1) is 5.82 Å². The molecule has 76 valence electrons. The monoisotopic (exact) mass is 196 g/mol. The van der Waals surface area contributed by atoms with Crippen LogP contribution in [0.15, 0.2) is 24.3 Å². The number of nitrogens with one attached hydrogen (secondary N) is 2. The van der Waals surface area contributed by atoms with Crippen molar-refractivity contribution in [1.82, 2.24) is 10.9 Å². The molecule has 0 aliphatic rings. The molecule has 1 aromatic rings. The summed E-state index contributed by atoms with van der Waals surface area (Å²) < 4.78 is 12.7. The van der Waals surface area contributed by atoms with E-state index in [0.29, 0.717) is 12.8 Å². The first-order valence-corrected chi connectivity index (χ1v) is 4.42. The lowest BCUT2D eigenvalue weighted by Gasteiger charge is -2.02. The molecule has 0 aromatic heterocycles. The maximum atomic E-state index is 12.7. The smallest absolute Gasteiger partial charge is 0.234 e. The molecule has 3 nitrogen and oxygen atoms in total. The molecule has 4 heteroatoms. The van der Waals surface area contributed by atoms with Gasteiger partial charge in [-0.2, -0.15) is 0 Å². The van der Waals surface area contributed by atoms with E-state index in [4.69, 9.17) is 0 Å². The molecule has 1 aromatic carbocycles. The minimum Gasteiger partial charge on any atom is -0.292 e. The highest BCUT2D eigenvalue weighted by atomic mass is 19.1. The Hall–Kier alpha value is -1.42. The van der Waals surface area contributed by atoms with Crippen LogP contribution in [0.3, 0.4) is 0 Å². The van der Waals surface area contributed by atoms with Gasteiger partial charge in [-0.25, -0.2) is 9.82 Å². The van der Waals surface area contributed by atoms with Crippen molar-refractivity contribution in [3.8, 4) is 0 Å². The molecule has 0 atom stereocenters. The van der Waals surface area contributed by atoms with Crippen LogP contribution in [0.1, 0.15) is 12.0 Å². The Kier molecular flexibility index (Phi) is 4.07. The molecule has 0 heterocycles. The highest BCUT2D eigenvalue weighted by Gasteiger charge is 2.01. The van der Waals surface area contributed by atoms with Crippen LogP contribution in [0.2, 0.25) is 0 Å². The van der Waals surface area contributed by atoms with Gasteiger partial charge < -0.3 is 0 Å². The average Bonchev–Trinajstić information content (AvgIpc) is 2.15. The summed E-state index contributed by atoms with van der Waals surface area (Å²) in [4.78, 5) is 11.0. The standard InChI is InChI=1S/C10H13FN2O/c1-12-13-10(14)6-5-8-3-2-4-9(11)7-8/h2-4,7,12H,5-6H2,1H3,(H,13,14). The van der Waals surface area contributed by atoms with Gasteiger partial charge in [-0.3, -0.25) is 10.2 Å². The van der Waals surface area contributed by atoms with Gasteiger partial charge in [-0.15, -0.1) is 0 Å². The zero-order chi connectivity index (χ0) is 10.4. The van der Waals surface area contributed by atoms with Gasteiger partial charge in [-0.05, 0) is 24.1 Å². The second kappa shape index (κ2) is 5.34. The predicted octanol–water partition coefficient (Wildman–Crippen LogP) is 1.01. The first kappa shape index (κ1) is 10.7. The summed E-state index contributed by atoms with van der Waals surface area (Å²) in [6.45, 7) is 0. The number of amides is 1. The van der Waals surface area contributed by atoms with E-state index in [-0.39, 0.29) is 11.7 Å². The Balaban J connectivity index is 2.41. The summed E-state index contributed by atoms with van der Waals surface area (Å²) in [6.07, 6.45) is 0.898. The SMILES string of the molecule is CNNC(=O)CCc1cccc(F)c1. The van der Waals surface area contributed by atoms with Gasteiger partial charge in [-0.1, -0.05) is 12.1 Å². The molecule has 0 fully saturated rings. The summed E-state index contributed by atoms with van der Waals surface area (Å²) in [5, 5.41) is 0. The molecule has 0 aliphatic heterocycles. The summed E-state index contributed by atoms with van der Waals surface area (Å²) in [6, 6.07) is 6.26. The van der Waals surface area contributed by atoms with Gasteiger partial charge in [0, 0.05) is 13.5 Å². The fourth-order valence-corrected chi connectivity index (χ4v) is 1.15. The molecule has 0 radical (unpaired) electrons. The molecule has 2 N–H and O–H groups in total. The Morgan fingerprint density at radius 2 is 2.29 bits per heavy atom. The van der Waals surface area contributed by atoms with Crippen LogP contribution in [0.4, 0.5) is 4.39 Å². The number of carbonyl (C=O) groups excluding carboxylic acids is 1. The highest BCUT2D eigenvalue weighted by molar-refractivity contribution is 5.75. The third-order valence-electron chi connectivity index (χ3n) is 1.79. The van der Waals surface area contributed by atoms with E-state index in [2.05, 4.69) is 10.9 Å². The zero-order valence-corrected chi connectivity index (χ0v) is 8.01. The average molecular weight is 196 g/mol. The molecule has 14 heavy (non-hydrogen) atoms. The van der Waals surface area contributed by atoms with Crippen molar-refractivity contribution in [2.75, 3.05) is 7.05 Å². The van der Waals surface area contributed by atoms with Crippen molar-refractivity contribution in [3.63, 3.8) is 0 Å². The number of halogens is 1. The molecule has 1 amide bonds. The van der Waals surface area contributed by atoms with E-state index >= 15 is 0 Å². The number of benzene rings is 1. The maximum absolute atomic E-state index is 12.7. The quantitative estimate of drug-likeness (QED) is 0.706. The number of aryl methyl sites for hydroxylation is 1. The fraction of sp³-hybridized carbons (Fsp3) is 0.300. The van der Waals surface area contributed by atoms with Crippen LogP contribution >= 0.6 is 0 Å². The van der Waals surface area contributed by atoms with Crippen molar-refractivity contribution in [2.24, 2.45) is 0 Å². The minimum absolute atomic E-state index is 0.100. The van der Waals surface area contributed by atoms with Gasteiger partial charge in [0.1, 0.15) is 5.82 Å². The molecule has 0 spiro atoms. The van der Waals surface area contributed by atoms with Crippen molar-refractivity contribution < 1.29 is 9.18 Å². The first-order chi connectivity index (χ1) is 6.72. The Bertz CT molecular complexity index is 315. The summed E-state index contributed by atoms with van der Waals surface area (Å²) in [7, 11) is 1.63. The second-order valence-corrected chi connectivity index (χ2v) is 2.93. The van der Waals surface area contributed by atoms with E-state index in [1.54, 1.807) is 19.2 Å². The molecular formula is C10H13FN2O. The van der Waals surface area contributed by atoms with E-state index in [1.807, 2.05) is 0 Å². The maximum Gasteiger partial charge on any atom is 0.234 e. The van der Waals surface area contributed by atoms with Crippen molar-refractivity contribution in [2.45, 2.75) is 12.8 Å². The number of rotatable bonds is 4. The zero-order valence-electron chi connectivity index (χ0n) is 8.01. The summed E-state index contributed by atoms with van der Waals surface area (Å²) >= 11 is 0. The van der Waals surface area contributed by atoms with Crippen LogP contribution in [-0.4, -0.2) is 13.0 Å². The minimum atomic E-state index is -0.267. The van der Waals surface area contributed by atoms with Gasteiger partial charge >= 0.3 is 0 Å². The summed E-state index contributed by atoms with van der Waals surface area (Å²) in [5.74, 6) is -0.367.